The Bertz CT molecular complexity index is 878. The van der Waals surface area contributed by atoms with Crippen LogP contribution in [0.25, 0.3) is 6.08 Å². The molecule has 0 aliphatic heterocycles. The number of hydrogen-bond donors (Lipinski definition) is 3. The first-order valence-electron chi connectivity index (χ1n) is 8.73. The van der Waals surface area contributed by atoms with Crippen LogP contribution in [-0.2, 0) is 9.59 Å². The summed E-state index contributed by atoms with van der Waals surface area (Å²) in [5, 5.41) is 3.04. The van der Waals surface area contributed by atoms with Crippen molar-refractivity contribution in [3.63, 3.8) is 0 Å². The Morgan fingerprint density at radius 2 is 1.71 bits per heavy atom. The van der Waals surface area contributed by atoms with E-state index in [1.807, 2.05) is 32.0 Å². The number of amides is 2. The third-order valence-corrected chi connectivity index (χ3v) is 3.98. The highest BCUT2D eigenvalue weighted by molar-refractivity contribution is 5.93. The summed E-state index contributed by atoms with van der Waals surface area (Å²) < 4.78 is 10.4. The van der Waals surface area contributed by atoms with E-state index in [0.717, 1.165) is 22.4 Å². The van der Waals surface area contributed by atoms with Gasteiger partial charge < -0.3 is 14.8 Å². The maximum atomic E-state index is 11.9. The first kappa shape index (κ1) is 20.8. The number of carbonyl (C=O) groups excluding carboxylic acids is 2. The van der Waals surface area contributed by atoms with Gasteiger partial charge in [0.1, 0.15) is 0 Å². The van der Waals surface area contributed by atoms with Crippen LogP contribution in [0.1, 0.15) is 16.7 Å². The van der Waals surface area contributed by atoms with Crippen molar-refractivity contribution in [1.82, 2.24) is 10.9 Å². The average Bonchev–Trinajstić information content (AvgIpc) is 2.69. The highest BCUT2D eigenvalue weighted by Gasteiger charge is 2.05. The van der Waals surface area contributed by atoms with Gasteiger partial charge in [0.05, 0.1) is 20.8 Å². The van der Waals surface area contributed by atoms with E-state index in [4.69, 9.17) is 9.47 Å². The van der Waals surface area contributed by atoms with Crippen molar-refractivity contribution >= 4 is 23.6 Å². The number of hydrazine groups is 1. The molecule has 7 nitrogen and oxygen atoms in total. The van der Waals surface area contributed by atoms with Crippen LogP contribution in [-0.4, -0.2) is 32.6 Å². The maximum Gasteiger partial charge on any atom is 0.262 e. The second-order valence-corrected chi connectivity index (χ2v) is 6.16. The number of hydrogen-bond acceptors (Lipinski definition) is 5. The molecule has 2 aromatic carbocycles. The average molecular weight is 383 g/mol. The lowest BCUT2D eigenvalue weighted by Gasteiger charge is -2.10. The number of anilines is 1. The molecule has 28 heavy (non-hydrogen) atoms. The second kappa shape index (κ2) is 10.0. The second-order valence-electron chi connectivity index (χ2n) is 6.16. The number of aryl methyl sites for hydroxylation is 2. The Balaban J connectivity index is 1.81. The molecule has 2 aromatic rings. The monoisotopic (exact) mass is 383 g/mol. The third kappa shape index (κ3) is 6.05. The van der Waals surface area contributed by atoms with Crippen molar-refractivity contribution in [2.75, 3.05) is 26.1 Å². The van der Waals surface area contributed by atoms with Gasteiger partial charge in [0.2, 0.25) is 0 Å². The van der Waals surface area contributed by atoms with Gasteiger partial charge in [-0.2, -0.15) is 0 Å². The van der Waals surface area contributed by atoms with E-state index < -0.39 is 5.91 Å². The Morgan fingerprint density at radius 1 is 0.964 bits per heavy atom. The van der Waals surface area contributed by atoms with Gasteiger partial charge in [-0.3, -0.25) is 20.4 Å². The summed E-state index contributed by atoms with van der Waals surface area (Å²) in [4.78, 5) is 23.8. The number of rotatable bonds is 7. The lowest BCUT2D eigenvalue weighted by Crippen LogP contribution is -2.43. The van der Waals surface area contributed by atoms with Crippen LogP contribution in [0.15, 0.2) is 42.5 Å². The van der Waals surface area contributed by atoms with Crippen molar-refractivity contribution in [2.24, 2.45) is 0 Å². The number of carbonyl (C=O) groups is 2. The van der Waals surface area contributed by atoms with Crippen LogP contribution in [0.5, 0.6) is 11.5 Å². The summed E-state index contributed by atoms with van der Waals surface area (Å²) in [6.07, 6.45) is 2.93. The van der Waals surface area contributed by atoms with Gasteiger partial charge in [0.25, 0.3) is 11.8 Å². The predicted octanol–water partition coefficient (Wildman–Crippen LogP) is 2.59. The number of methoxy groups -OCH3 is 2. The third-order valence-electron chi connectivity index (χ3n) is 3.98. The minimum atomic E-state index is -0.449. The number of nitrogens with one attached hydrogen (secondary N) is 3. The van der Waals surface area contributed by atoms with Crippen LogP contribution in [0.2, 0.25) is 0 Å². The Hall–Kier alpha value is -3.48. The predicted molar refractivity (Wildman–Crippen MR) is 109 cm³/mol. The molecule has 3 N–H and O–H groups in total. The van der Waals surface area contributed by atoms with Crippen molar-refractivity contribution in [3.8, 4) is 11.5 Å². The zero-order valence-electron chi connectivity index (χ0n) is 16.5. The van der Waals surface area contributed by atoms with E-state index >= 15 is 0 Å². The molecule has 2 rings (SSSR count). The zero-order valence-corrected chi connectivity index (χ0v) is 16.5. The van der Waals surface area contributed by atoms with Gasteiger partial charge in [-0.1, -0.05) is 23.8 Å². The molecule has 148 valence electrons. The fraction of sp³-hybridized carbons (Fsp3) is 0.238. The molecule has 0 bridgehead atoms. The van der Waals surface area contributed by atoms with E-state index in [2.05, 4.69) is 16.2 Å². The number of benzene rings is 2. The van der Waals surface area contributed by atoms with E-state index in [1.54, 1.807) is 38.5 Å². The molecule has 0 fully saturated rings. The van der Waals surface area contributed by atoms with Gasteiger partial charge in [-0.15, -0.1) is 0 Å². The molecule has 0 unspecified atom stereocenters. The van der Waals surface area contributed by atoms with Gasteiger partial charge in [-0.25, -0.2) is 0 Å². The molecule has 2 amide bonds. The van der Waals surface area contributed by atoms with Gasteiger partial charge in [0, 0.05) is 11.8 Å². The Morgan fingerprint density at radius 3 is 2.39 bits per heavy atom. The SMILES string of the molecule is COc1ccc(/C=C/C(=O)NNC(=O)CNc2ccc(C)cc2C)cc1OC. The van der Waals surface area contributed by atoms with E-state index in [1.165, 1.54) is 6.08 Å². The van der Waals surface area contributed by atoms with Crippen molar-refractivity contribution in [1.29, 1.82) is 0 Å². The summed E-state index contributed by atoms with van der Waals surface area (Å²) in [5.74, 6) is 0.367. The maximum absolute atomic E-state index is 11.9. The highest BCUT2D eigenvalue weighted by Crippen LogP contribution is 2.27. The molecular formula is C21H25N3O4. The topological polar surface area (TPSA) is 88.7 Å². The van der Waals surface area contributed by atoms with Crippen molar-refractivity contribution < 1.29 is 19.1 Å². The fourth-order valence-corrected chi connectivity index (χ4v) is 2.53. The molecule has 0 saturated heterocycles. The van der Waals surface area contributed by atoms with Crippen LogP contribution in [0, 0.1) is 13.8 Å². The van der Waals surface area contributed by atoms with E-state index in [9.17, 15) is 9.59 Å². The van der Waals surface area contributed by atoms with Gasteiger partial charge in [0.15, 0.2) is 11.5 Å². The lowest BCUT2D eigenvalue weighted by molar-refractivity contribution is -0.125. The molecular weight excluding hydrogens is 358 g/mol. The molecule has 0 aliphatic rings. The highest BCUT2D eigenvalue weighted by atomic mass is 16.5. The van der Waals surface area contributed by atoms with Crippen LogP contribution < -0.4 is 25.6 Å². The van der Waals surface area contributed by atoms with Crippen LogP contribution >= 0.6 is 0 Å². The van der Waals surface area contributed by atoms with Gasteiger partial charge in [-0.05, 0) is 49.2 Å². The summed E-state index contributed by atoms with van der Waals surface area (Å²) >= 11 is 0. The van der Waals surface area contributed by atoms with Crippen LogP contribution in [0.4, 0.5) is 5.69 Å². The van der Waals surface area contributed by atoms with Crippen LogP contribution in [0.3, 0.4) is 0 Å². The molecule has 0 aromatic heterocycles. The minimum Gasteiger partial charge on any atom is -0.493 e. The largest absolute Gasteiger partial charge is 0.493 e. The first-order chi connectivity index (χ1) is 13.4. The summed E-state index contributed by atoms with van der Waals surface area (Å²) in [5.41, 5.74) is 8.55. The fourth-order valence-electron chi connectivity index (χ4n) is 2.53. The first-order valence-corrected chi connectivity index (χ1v) is 8.73. The smallest absolute Gasteiger partial charge is 0.262 e. The van der Waals surface area contributed by atoms with Gasteiger partial charge >= 0.3 is 0 Å². The normalized spacial score (nSPS) is 10.4. The molecule has 0 aliphatic carbocycles. The van der Waals surface area contributed by atoms with E-state index in [-0.39, 0.29) is 12.5 Å². The minimum absolute atomic E-state index is 0.0452. The Labute approximate surface area is 164 Å². The zero-order chi connectivity index (χ0) is 20.5. The summed E-state index contributed by atoms with van der Waals surface area (Å²) in [6.45, 7) is 4.02. The lowest BCUT2D eigenvalue weighted by atomic mass is 10.1. The van der Waals surface area contributed by atoms with Crippen molar-refractivity contribution in [2.45, 2.75) is 13.8 Å². The summed E-state index contributed by atoms with van der Waals surface area (Å²) in [6, 6.07) is 11.2. The Kier molecular flexibility index (Phi) is 7.45. The van der Waals surface area contributed by atoms with Crippen molar-refractivity contribution in [3.05, 3.63) is 59.2 Å². The van der Waals surface area contributed by atoms with E-state index in [0.29, 0.717) is 11.5 Å². The molecule has 0 spiro atoms. The standard InChI is InChI=1S/C21H25N3O4/c1-14-5-8-17(15(2)11-14)22-13-21(26)24-23-20(25)10-7-16-6-9-18(27-3)19(12-16)28-4/h5-12,22H,13H2,1-4H3,(H,23,25)(H,24,26)/b10-7+. The molecule has 0 radical (unpaired) electrons. The molecule has 0 saturated carbocycles. The number of ether oxygens (including phenoxy) is 2. The molecule has 7 heteroatoms. The summed E-state index contributed by atoms with van der Waals surface area (Å²) in [7, 11) is 3.10. The quantitative estimate of drug-likeness (QED) is 0.505. The molecule has 0 atom stereocenters. The molecule has 0 heterocycles.